The van der Waals surface area contributed by atoms with E-state index >= 15 is 0 Å². The maximum absolute atomic E-state index is 12.0. The molecule has 2 N–H and O–H groups in total. The maximum Gasteiger partial charge on any atom is 0.239 e. The summed E-state index contributed by atoms with van der Waals surface area (Å²) in [6.07, 6.45) is 2.85. The van der Waals surface area contributed by atoms with E-state index in [0.29, 0.717) is 6.54 Å². The molecule has 0 fully saturated rings. The van der Waals surface area contributed by atoms with Gasteiger partial charge in [-0.2, -0.15) is 0 Å². The lowest BCUT2D eigenvalue weighted by Gasteiger charge is -2.20. The van der Waals surface area contributed by atoms with Crippen molar-refractivity contribution in [2.24, 2.45) is 5.73 Å². The van der Waals surface area contributed by atoms with Crippen molar-refractivity contribution in [1.82, 2.24) is 4.90 Å². The van der Waals surface area contributed by atoms with Gasteiger partial charge in [-0.1, -0.05) is 19.8 Å². The maximum atomic E-state index is 12.0. The lowest BCUT2D eigenvalue weighted by molar-refractivity contribution is -0.132. The molecule has 0 radical (unpaired) electrons. The molecule has 0 saturated carbocycles. The van der Waals surface area contributed by atoms with Gasteiger partial charge >= 0.3 is 0 Å². The molecule has 5 heteroatoms. The number of thiophene rings is 1. The Morgan fingerprint density at radius 2 is 2.35 bits per heavy atom. The summed E-state index contributed by atoms with van der Waals surface area (Å²) < 4.78 is 1.09. The molecular formula is C12H19BrN2OS. The van der Waals surface area contributed by atoms with E-state index in [1.807, 2.05) is 11.4 Å². The highest BCUT2D eigenvalue weighted by Crippen LogP contribution is 2.21. The molecule has 0 spiro atoms. The highest BCUT2D eigenvalue weighted by atomic mass is 79.9. The van der Waals surface area contributed by atoms with Crippen LogP contribution >= 0.6 is 27.3 Å². The van der Waals surface area contributed by atoms with Gasteiger partial charge in [0.25, 0.3) is 0 Å². The van der Waals surface area contributed by atoms with Gasteiger partial charge in [-0.25, -0.2) is 0 Å². The quantitative estimate of drug-likeness (QED) is 0.876. The van der Waals surface area contributed by atoms with Crippen LogP contribution in [0.4, 0.5) is 0 Å². The minimum Gasteiger partial charge on any atom is -0.340 e. The Bertz CT molecular complexity index is 367. The number of nitrogens with zero attached hydrogens (tertiary/aromatic N) is 1. The molecule has 1 aromatic rings. The molecule has 0 unspecified atom stereocenters. The molecule has 0 aliphatic rings. The van der Waals surface area contributed by atoms with E-state index in [-0.39, 0.29) is 11.9 Å². The minimum atomic E-state index is -0.359. The van der Waals surface area contributed by atoms with Crippen LogP contribution in [-0.2, 0) is 11.3 Å². The number of halogens is 1. The summed E-state index contributed by atoms with van der Waals surface area (Å²) in [5, 5.41) is 2.05. The van der Waals surface area contributed by atoms with Crippen LogP contribution in [0, 0.1) is 0 Å². The van der Waals surface area contributed by atoms with Crippen LogP contribution in [0.1, 0.15) is 31.7 Å². The normalized spacial score (nSPS) is 12.5. The third kappa shape index (κ3) is 4.77. The Morgan fingerprint density at radius 3 is 2.88 bits per heavy atom. The minimum absolute atomic E-state index is 0.0285. The molecule has 1 rings (SSSR count). The number of unbranched alkanes of at least 4 members (excludes halogenated alkanes) is 1. The number of hydrogen-bond donors (Lipinski definition) is 1. The predicted octanol–water partition coefficient (Wildman–Crippen LogP) is 2.99. The fourth-order valence-electron chi connectivity index (χ4n) is 1.61. The fraction of sp³-hybridized carbons (Fsp3) is 0.583. The Morgan fingerprint density at radius 1 is 1.65 bits per heavy atom. The Hall–Kier alpha value is -0.390. The average molecular weight is 319 g/mol. The second-order valence-corrected chi connectivity index (χ2v) is 6.49. The number of carbonyl (C=O) groups is 1. The van der Waals surface area contributed by atoms with Gasteiger partial charge in [0.15, 0.2) is 0 Å². The first-order valence-corrected chi connectivity index (χ1v) is 7.45. The Labute approximate surface area is 115 Å². The molecular weight excluding hydrogens is 300 g/mol. The molecule has 0 bridgehead atoms. The topological polar surface area (TPSA) is 46.3 Å². The van der Waals surface area contributed by atoms with E-state index in [0.717, 1.165) is 28.6 Å². The first kappa shape index (κ1) is 14.7. The molecule has 3 nitrogen and oxygen atoms in total. The summed E-state index contributed by atoms with van der Waals surface area (Å²) in [5.41, 5.74) is 7.00. The van der Waals surface area contributed by atoms with E-state index in [4.69, 9.17) is 5.73 Å². The third-order valence-electron chi connectivity index (χ3n) is 2.60. The molecule has 1 aromatic heterocycles. The fourth-order valence-corrected chi connectivity index (χ4v) is 2.81. The molecule has 0 aromatic carbocycles. The Balaban J connectivity index is 2.46. The summed E-state index contributed by atoms with van der Waals surface area (Å²) >= 11 is 5.04. The standard InChI is InChI=1S/C12H19BrN2OS/c1-3-4-5-10(14)12(16)15(2)7-9-6-11(13)17-8-9/h6,8,10H,3-5,7,14H2,1-2H3/t10-/m0/s1. The van der Waals surface area contributed by atoms with Crippen LogP contribution in [0.3, 0.4) is 0 Å². The van der Waals surface area contributed by atoms with Gasteiger partial charge in [0, 0.05) is 13.6 Å². The lowest BCUT2D eigenvalue weighted by atomic mass is 10.1. The van der Waals surface area contributed by atoms with Crippen molar-refractivity contribution in [3.8, 4) is 0 Å². The van der Waals surface area contributed by atoms with Gasteiger partial charge in [0.2, 0.25) is 5.91 Å². The number of nitrogens with two attached hydrogens (primary N) is 1. The number of likely N-dealkylation sites (N-methyl/N-ethyl adjacent to an activating group) is 1. The van der Waals surface area contributed by atoms with Crippen molar-refractivity contribution >= 4 is 33.2 Å². The highest BCUT2D eigenvalue weighted by Gasteiger charge is 2.17. The van der Waals surface area contributed by atoms with Crippen molar-refractivity contribution in [3.63, 3.8) is 0 Å². The van der Waals surface area contributed by atoms with E-state index < -0.39 is 0 Å². The van der Waals surface area contributed by atoms with Crippen LogP contribution in [-0.4, -0.2) is 23.9 Å². The van der Waals surface area contributed by atoms with E-state index in [9.17, 15) is 4.79 Å². The second-order valence-electron chi connectivity index (χ2n) is 4.20. The summed E-state index contributed by atoms with van der Waals surface area (Å²) in [4.78, 5) is 13.7. The van der Waals surface area contributed by atoms with E-state index in [2.05, 4.69) is 22.9 Å². The molecule has 96 valence electrons. The van der Waals surface area contributed by atoms with Crippen molar-refractivity contribution in [1.29, 1.82) is 0 Å². The number of rotatable bonds is 6. The zero-order valence-electron chi connectivity index (χ0n) is 10.3. The first-order chi connectivity index (χ1) is 8.04. The SMILES string of the molecule is CCCC[C@H](N)C(=O)N(C)Cc1csc(Br)c1. The summed E-state index contributed by atoms with van der Waals surface area (Å²) in [5.74, 6) is 0.0285. The predicted molar refractivity (Wildman–Crippen MR) is 76.0 cm³/mol. The number of hydrogen-bond acceptors (Lipinski definition) is 3. The molecule has 1 amide bonds. The van der Waals surface area contributed by atoms with Crippen LogP contribution < -0.4 is 5.73 Å². The van der Waals surface area contributed by atoms with Crippen LogP contribution in [0.15, 0.2) is 15.2 Å². The van der Waals surface area contributed by atoms with Crippen LogP contribution in [0.2, 0.25) is 0 Å². The second kappa shape index (κ2) is 7.13. The number of amides is 1. The summed E-state index contributed by atoms with van der Waals surface area (Å²) in [6.45, 7) is 2.73. The zero-order chi connectivity index (χ0) is 12.8. The molecule has 1 heterocycles. The molecule has 0 saturated heterocycles. The molecule has 17 heavy (non-hydrogen) atoms. The van der Waals surface area contributed by atoms with Gasteiger partial charge < -0.3 is 10.6 Å². The van der Waals surface area contributed by atoms with E-state index in [1.165, 1.54) is 0 Å². The van der Waals surface area contributed by atoms with Gasteiger partial charge in [0.05, 0.1) is 9.83 Å². The van der Waals surface area contributed by atoms with Gasteiger partial charge in [0.1, 0.15) is 0 Å². The molecule has 1 atom stereocenters. The average Bonchev–Trinajstić information content (AvgIpc) is 2.70. The smallest absolute Gasteiger partial charge is 0.239 e. The zero-order valence-corrected chi connectivity index (χ0v) is 12.7. The lowest BCUT2D eigenvalue weighted by Crippen LogP contribution is -2.41. The van der Waals surface area contributed by atoms with Gasteiger partial charge in [-0.05, 0) is 39.4 Å². The Kier molecular flexibility index (Phi) is 6.16. The monoisotopic (exact) mass is 318 g/mol. The van der Waals surface area contributed by atoms with Crippen LogP contribution in [0.5, 0.6) is 0 Å². The highest BCUT2D eigenvalue weighted by molar-refractivity contribution is 9.11. The van der Waals surface area contributed by atoms with E-state index in [1.54, 1.807) is 23.3 Å². The van der Waals surface area contributed by atoms with Crippen molar-refractivity contribution in [2.45, 2.75) is 38.8 Å². The largest absolute Gasteiger partial charge is 0.340 e. The van der Waals surface area contributed by atoms with Crippen molar-refractivity contribution < 1.29 is 4.79 Å². The third-order valence-corrected chi connectivity index (χ3v) is 4.16. The van der Waals surface area contributed by atoms with Gasteiger partial charge in [-0.3, -0.25) is 4.79 Å². The summed E-state index contributed by atoms with van der Waals surface area (Å²) in [7, 11) is 1.81. The number of carbonyl (C=O) groups excluding carboxylic acids is 1. The van der Waals surface area contributed by atoms with Gasteiger partial charge in [-0.15, -0.1) is 11.3 Å². The van der Waals surface area contributed by atoms with Crippen molar-refractivity contribution in [2.75, 3.05) is 7.05 Å². The summed E-state index contributed by atoms with van der Waals surface area (Å²) in [6, 6.07) is 1.67. The van der Waals surface area contributed by atoms with Crippen molar-refractivity contribution in [3.05, 3.63) is 20.8 Å². The molecule has 0 aliphatic carbocycles. The first-order valence-electron chi connectivity index (χ1n) is 5.78. The van der Waals surface area contributed by atoms with Crippen LogP contribution in [0.25, 0.3) is 0 Å². The molecule has 0 aliphatic heterocycles.